The van der Waals surface area contributed by atoms with Crippen LogP contribution < -0.4 is 0 Å². The summed E-state index contributed by atoms with van der Waals surface area (Å²) in [6.45, 7) is 0. The number of aliphatic hydroxyl groups is 1. The Kier molecular flexibility index (Phi) is 3.90. The average molecular weight is 265 g/mol. The molecule has 1 N–H and O–H groups in total. The SMILES string of the molecule is COC(=O)C[C@H](O)c1sccc1Br. The molecule has 0 spiro atoms. The second-order valence-corrected chi connectivity index (χ2v) is 4.23. The van der Waals surface area contributed by atoms with Gasteiger partial charge in [-0.05, 0) is 27.4 Å². The van der Waals surface area contributed by atoms with Crippen molar-refractivity contribution in [3.63, 3.8) is 0 Å². The van der Waals surface area contributed by atoms with Crippen LogP contribution in [0, 0.1) is 0 Å². The van der Waals surface area contributed by atoms with Crippen molar-refractivity contribution in [3.8, 4) is 0 Å². The Hall–Kier alpha value is -0.390. The molecule has 72 valence electrons. The fourth-order valence-electron chi connectivity index (χ4n) is 0.877. The third-order valence-corrected chi connectivity index (χ3v) is 3.51. The van der Waals surface area contributed by atoms with Crippen LogP contribution in [-0.4, -0.2) is 18.2 Å². The molecule has 0 fully saturated rings. The number of ether oxygens (including phenoxy) is 1. The van der Waals surface area contributed by atoms with Gasteiger partial charge in [-0.1, -0.05) is 0 Å². The largest absolute Gasteiger partial charge is 0.469 e. The zero-order valence-corrected chi connectivity index (χ0v) is 9.39. The Morgan fingerprint density at radius 1 is 1.85 bits per heavy atom. The summed E-state index contributed by atoms with van der Waals surface area (Å²) in [6, 6.07) is 1.83. The summed E-state index contributed by atoms with van der Waals surface area (Å²) in [7, 11) is 1.30. The van der Waals surface area contributed by atoms with Gasteiger partial charge in [-0.25, -0.2) is 0 Å². The maximum atomic E-state index is 10.8. The van der Waals surface area contributed by atoms with Gasteiger partial charge in [0.15, 0.2) is 0 Å². The summed E-state index contributed by atoms with van der Waals surface area (Å²) >= 11 is 4.68. The van der Waals surface area contributed by atoms with Crippen LogP contribution in [-0.2, 0) is 9.53 Å². The van der Waals surface area contributed by atoms with Crippen molar-refractivity contribution in [3.05, 3.63) is 20.8 Å². The van der Waals surface area contributed by atoms with Crippen molar-refractivity contribution in [2.45, 2.75) is 12.5 Å². The predicted octanol–water partition coefficient (Wildman–Crippen LogP) is 2.11. The molecule has 5 heteroatoms. The van der Waals surface area contributed by atoms with Crippen LogP contribution in [0.5, 0.6) is 0 Å². The van der Waals surface area contributed by atoms with Crippen LogP contribution in [0.25, 0.3) is 0 Å². The number of carbonyl (C=O) groups excluding carboxylic acids is 1. The first-order valence-corrected chi connectivity index (χ1v) is 5.30. The standard InChI is InChI=1S/C8H9BrO3S/c1-12-7(11)4-6(10)8-5(9)2-3-13-8/h2-3,6,10H,4H2,1H3/t6-/m0/s1. The second kappa shape index (κ2) is 4.74. The molecule has 1 atom stereocenters. The lowest BCUT2D eigenvalue weighted by atomic mass is 10.2. The molecule has 0 bridgehead atoms. The number of thiophene rings is 1. The maximum Gasteiger partial charge on any atom is 0.308 e. The molecule has 0 radical (unpaired) electrons. The van der Waals surface area contributed by atoms with Gasteiger partial charge >= 0.3 is 5.97 Å². The zero-order valence-electron chi connectivity index (χ0n) is 6.99. The molecule has 1 heterocycles. The van der Waals surface area contributed by atoms with E-state index in [0.717, 1.165) is 9.35 Å². The number of aliphatic hydroxyl groups excluding tert-OH is 1. The van der Waals surface area contributed by atoms with Crippen LogP contribution in [0.4, 0.5) is 0 Å². The number of hydrogen-bond acceptors (Lipinski definition) is 4. The van der Waals surface area contributed by atoms with Crippen LogP contribution in [0.15, 0.2) is 15.9 Å². The Balaban J connectivity index is 2.63. The molecule has 0 saturated carbocycles. The minimum atomic E-state index is -0.776. The van der Waals surface area contributed by atoms with Crippen molar-refractivity contribution in [1.29, 1.82) is 0 Å². The first kappa shape index (κ1) is 10.7. The van der Waals surface area contributed by atoms with Gasteiger partial charge in [0.05, 0.1) is 19.6 Å². The minimum absolute atomic E-state index is 0.00435. The van der Waals surface area contributed by atoms with Crippen molar-refractivity contribution in [1.82, 2.24) is 0 Å². The number of methoxy groups -OCH3 is 1. The summed E-state index contributed by atoms with van der Waals surface area (Å²) in [5.41, 5.74) is 0. The number of hydrogen-bond donors (Lipinski definition) is 1. The van der Waals surface area contributed by atoms with Gasteiger partial charge < -0.3 is 9.84 Å². The van der Waals surface area contributed by atoms with Gasteiger partial charge in [-0.3, -0.25) is 4.79 Å². The highest BCUT2D eigenvalue weighted by molar-refractivity contribution is 9.10. The molecule has 1 aromatic heterocycles. The molecule has 0 aromatic carbocycles. The minimum Gasteiger partial charge on any atom is -0.469 e. The van der Waals surface area contributed by atoms with Gasteiger partial charge in [0.2, 0.25) is 0 Å². The number of carbonyl (C=O) groups is 1. The first-order chi connectivity index (χ1) is 6.15. The molecule has 1 rings (SSSR count). The highest BCUT2D eigenvalue weighted by atomic mass is 79.9. The number of halogens is 1. The third kappa shape index (κ3) is 2.79. The molecule has 0 saturated heterocycles. The lowest BCUT2D eigenvalue weighted by Gasteiger charge is -2.06. The van der Waals surface area contributed by atoms with Crippen molar-refractivity contribution in [2.24, 2.45) is 0 Å². The average Bonchev–Trinajstić information content (AvgIpc) is 2.51. The Labute approximate surface area is 88.5 Å². The van der Waals surface area contributed by atoms with Gasteiger partial charge in [-0.2, -0.15) is 0 Å². The highest BCUT2D eigenvalue weighted by Gasteiger charge is 2.16. The van der Waals surface area contributed by atoms with Gasteiger partial charge in [-0.15, -0.1) is 11.3 Å². The Morgan fingerprint density at radius 2 is 2.54 bits per heavy atom. The van der Waals surface area contributed by atoms with E-state index in [0.29, 0.717) is 0 Å². The summed E-state index contributed by atoms with van der Waals surface area (Å²) in [6.07, 6.45) is -0.780. The van der Waals surface area contributed by atoms with E-state index in [9.17, 15) is 9.90 Å². The maximum absolute atomic E-state index is 10.8. The van der Waals surface area contributed by atoms with Crippen LogP contribution >= 0.6 is 27.3 Å². The Bertz CT molecular complexity index is 297. The molecular weight excluding hydrogens is 256 g/mol. The van der Waals surface area contributed by atoms with Crippen molar-refractivity contribution >= 4 is 33.2 Å². The summed E-state index contributed by atoms with van der Waals surface area (Å²) in [5, 5.41) is 11.4. The van der Waals surface area contributed by atoms with Gasteiger partial charge in [0.1, 0.15) is 0 Å². The van der Waals surface area contributed by atoms with E-state index < -0.39 is 12.1 Å². The summed E-state index contributed by atoms with van der Waals surface area (Å²) < 4.78 is 5.28. The molecule has 0 aliphatic heterocycles. The molecule has 0 unspecified atom stereocenters. The van der Waals surface area contributed by atoms with Gasteiger partial charge in [0, 0.05) is 9.35 Å². The third-order valence-electron chi connectivity index (χ3n) is 1.54. The topological polar surface area (TPSA) is 46.5 Å². The van der Waals surface area contributed by atoms with E-state index in [1.807, 2.05) is 11.4 Å². The number of esters is 1. The smallest absolute Gasteiger partial charge is 0.308 e. The normalized spacial score (nSPS) is 12.5. The molecule has 13 heavy (non-hydrogen) atoms. The van der Waals surface area contributed by atoms with E-state index in [-0.39, 0.29) is 6.42 Å². The molecule has 0 aliphatic carbocycles. The van der Waals surface area contributed by atoms with E-state index in [2.05, 4.69) is 20.7 Å². The fourth-order valence-corrected chi connectivity index (χ4v) is 2.50. The van der Waals surface area contributed by atoms with E-state index >= 15 is 0 Å². The predicted molar refractivity (Wildman–Crippen MR) is 53.6 cm³/mol. The van der Waals surface area contributed by atoms with E-state index in [4.69, 9.17) is 0 Å². The van der Waals surface area contributed by atoms with Crippen molar-refractivity contribution in [2.75, 3.05) is 7.11 Å². The molecule has 3 nitrogen and oxygen atoms in total. The lowest BCUT2D eigenvalue weighted by Crippen LogP contribution is -2.07. The van der Waals surface area contributed by atoms with Crippen LogP contribution in [0.3, 0.4) is 0 Å². The molecular formula is C8H9BrO3S. The first-order valence-electron chi connectivity index (χ1n) is 3.63. The number of rotatable bonds is 3. The van der Waals surface area contributed by atoms with Gasteiger partial charge in [0.25, 0.3) is 0 Å². The van der Waals surface area contributed by atoms with E-state index in [1.54, 1.807) is 0 Å². The molecule has 1 aromatic rings. The van der Waals surface area contributed by atoms with E-state index in [1.165, 1.54) is 18.4 Å². The summed E-state index contributed by atoms with van der Waals surface area (Å²) in [5.74, 6) is -0.409. The summed E-state index contributed by atoms with van der Waals surface area (Å²) in [4.78, 5) is 11.6. The molecule has 0 amide bonds. The molecule has 0 aliphatic rings. The second-order valence-electron chi connectivity index (χ2n) is 2.43. The van der Waals surface area contributed by atoms with Crippen LogP contribution in [0.1, 0.15) is 17.4 Å². The van der Waals surface area contributed by atoms with Crippen molar-refractivity contribution < 1.29 is 14.6 Å². The highest BCUT2D eigenvalue weighted by Crippen LogP contribution is 2.30. The quantitative estimate of drug-likeness (QED) is 0.851. The fraction of sp³-hybridized carbons (Fsp3) is 0.375. The van der Waals surface area contributed by atoms with Crippen LogP contribution in [0.2, 0.25) is 0 Å². The zero-order chi connectivity index (χ0) is 9.84. The lowest BCUT2D eigenvalue weighted by molar-refractivity contribution is -0.142. The monoisotopic (exact) mass is 264 g/mol. The Morgan fingerprint density at radius 3 is 3.00 bits per heavy atom.